The molecule has 1 saturated carbocycles. The third kappa shape index (κ3) is 2.56. The second kappa shape index (κ2) is 5.10. The first-order valence-electron chi connectivity index (χ1n) is 6.11. The van der Waals surface area contributed by atoms with E-state index in [0.29, 0.717) is 24.3 Å². The molecule has 0 aliphatic heterocycles. The maximum absolute atomic E-state index is 12.0. The predicted octanol–water partition coefficient (Wildman–Crippen LogP) is 2.51. The van der Waals surface area contributed by atoms with Gasteiger partial charge < -0.3 is 10.4 Å². The van der Waals surface area contributed by atoms with Crippen molar-refractivity contribution in [1.29, 1.82) is 0 Å². The van der Waals surface area contributed by atoms with E-state index in [1.165, 1.54) is 11.3 Å². The maximum Gasteiger partial charge on any atom is 0.329 e. The molecule has 0 bridgehead atoms. The number of carboxylic acid groups (broad SMARTS) is 1. The Kier molecular flexibility index (Phi) is 3.71. The van der Waals surface area contributed by atoms with Gasteiger partial charge in [-0.05, 0) is 30.2 Å². The number of hydrogen-bond donors (Lipinski definition) is 2. The first kappa shape index (κ1) is 13.1. The second-order valence-corrected chi connectivity index (χ2v) is 5.83. The van der Waals surface area contributed by atoms with E-state index in [0.717, 1.165) is 12.8 Å². The number of thiophene rings is 1. The van der Waals surface area contributed by atoms with Crippen LogP contribution in [0.2, 0.25) is 0 Å². The zero-order valence-corrected chi connectivity index (χ0v) is 11.1. The highest BCUT2D eigenvalue weighted by Crippen LogP contribution is 2.32. The van der Waals surface area contributed by atoms with Crippen LogP contribution in [0.5, 0.6) is 0 Å². The largest absolute Gasteiger partial charge is 0.480 e. The number of nitrogens with one attached hydrogen (secondary N) is 1. The Morgan fingerprint density at radius 2 is 2.33 bits per heavy atom. The molecule has 0 saturated heterocycles. The molecule has 1 aromatic rings. The molecule has 2 atom stereocenters. The summed E-state index contributed by atoms with van der Waals surface area (Å²) in [5, 5.41) is 15.7. The Labute approximate surface area is 110 Å². The molecule has 4 nitrogen and oxygen atoms in total. The number of hydrogen-bond acceptors (Lipinski definition) is 3. The molecule has 1 heterocycles. The van der Waals surface area contributed by atoms with Gasteiger partial charge >= 0.3 is 5.97 Å². The number of rotatable bonds is 3. The van der Waals surface area contributed by atoms with E-state index in [4.69, 9.17) is 0 Å². The summed E-state index contributed by atoms with van der Waals surface area (Å²) in [6.07, 6.45) is 2.90. The minimum Gasteiger partial charge on any atom is -0.480 e. The van der Waals surface area contributed by atoms with E-state index in [9.17, 15) is 14.7 Å². The van der Waals surface area contributed by atoms with Crippen molar-refractivity contribution in [3.8, 4) is 0 Å². The lowest BCUT2D eigenvalue weighted by molar-refractivity contribution is -0.146. The van der Waals surface area contributed by atoms with Crippen molar-refractivity contribution in [2.75, 3.05) is 0 Å². The molecule has 5 heteroatoms. The molecule has 1 fully saturated rings. The third-order valence-corrected chi connectivity index (χ3v) is 4.23. The number of carboxylic acids is 1. The zero-order chi connectivity index (χ0) is 13.2. The van der Waals surface area contributed by atoms with Crippen molar-refractivity contribution in [1.82, 2.24) is 5.32 Å². The van der Waals surface area contributed by atoms with Crippen LogP contribution < -0.4 is 5.32 Å². The minimum atomic E-state index is -1.09. The van der Waals surface area contributed by atoms with Crippen molar-refractivity contribution < 1.29 is 14.7 Å². The van der Waals surface area contributed by atoms with Crippen molar-refractivity contribution in [3.63, 3.8) is 0 Å². The molecule has 1 aromatic heterocycles. The molecule has 0 aromatic carbocycles. The average molecular weight is 267 g/mol. The molecular formula is C13H17NO3S. The fraction of sp³-hybridized carbons (Fsp3) is 0.538. The van der Waals surface area contributed by atoms with Crippen LogP contribution in [0, 0.1) is 5.92 Å². The van der Waals surface area contributed by atoms with Crippen molar-refractivity contribution >= 4 is 23.2 Å². The van der Waals surface area contributed by atoms with Gasteiger partial charge in [-0.1, -0.05) is 19.8 Å². The number of aliphatic carboxylic acids is 1. The molecule has 0 radical (unpaired) electrons. The summed E-state index contributed by atoms with van der Waals surface area (Å²) in [5.74, 6) is -0.872. The van der Waals surface area contributed by atoms with Crippen LogP contribution in [-0.4, -0.2) is 22.5 Å². The summed E-state index contributed by atoms with van der Waals surface area (Å²) < 4.78 is 0. The van der Waals surface area contributed by atoms with Crippen LogP contribution in [0.4, 0.5) is 0 Å². The van der Waals surface area contributed by atoms with E-state index in [1.807, 2.05) is 12.3 Å². The van der Waals surface area contributed by atoms with Crippen LogP contribution in [-0.2, 0) is 4.79 Å². The second-order valence-electron chi connectivity index (χ2n) is 5.05. The van der Waals surface area contributed by atoms with Crippen LogP contribution in [0.25, 0.3) is 0 Å². The van der Waals surface area contributed by atoms with E-state index < -0.39 is 11.5 Å². The summed E-state index contributed by atoms with van der Waals surface area (Å²) >= 11 is 1.43. The summed E-state index contributed by atoms with van der Waals surface area (Å²) in [7, 11) is 0. The molecule has 1 amide bonds. The highest BCUT2D eigenvalue weighted by Gasteiger charge is 2.43. The van der Waals surface area contributed by atoms with E-state index >= 15 is 0 Å². The quantitative estimate of drug-likeness (QED) is 0.884. The topological polar surface area (TPSA) is 66.4 Å². The van der Waals surface area contributed by atoms with Crippen LogP contribution in [0.1, 0.15) is 43.0 Å². The van der Waals surface area contributed by atoms with Crippen molar-refractivity contribution in [3.05, 3.63) is 22.4 Å². The molecule has 2 N–H and O–H groups in total. The Morgan fingerprint density at radius 3 is 2.89 bits per heavy atom. The van der Waals surface area contributed by atoms with Gasteiger partial charge in [0.05, 0.1) is 5.56 Å². The number of carbonyl (C=O) groups excluding carboxylic acids is 1. The fourth-order valence-electron chi connectivity index (χ4n) is 2.60. The van der Waals surface area contributed by atoms with Crippen molar-refractivity contribution in [2.24, 2.45) is 5.92 Å². The van der Waals surface area contributed by atoms with Gasteiger partial charge in [0.25, 0.3) is 5.91 Å². The molecule has 2 unspecified atom stereocenters. The highest BCUT2D eigenvalue weighted by atomic mass is 32.1. The number of amides is 1. The maximum atomic E-state index is 12.0. The SMILES string of the molecule is CC1CCCC(NC(=O)c2ccsc2)(C(=O)O)C1. The molecular weight excluding hydrogens is 250 g/mol. The Morgan fingerprint density at radius 1 is 1.56 bits per heavy atom. The third-order valence-electron chi connectivity index (χ3n) is 3.54. The van der Waals surface area contributed by atoms with Gasteiger partial charge in [-0.25, -0.2) is 4.79 Å². The van der Waals surface area contributed by atoms with E-state index in [-0.39, 0.29) is 5.91 Å². The van der Waals surface area contributed by atoms with Gasteiger partial charge in [0.1, 0.15) is 5.54 Å². The Hall–Kier alpha value is -1.36. The molecule has 2 rings (SSSR count). The molecule has 18 heavy (non-hydrogen) atoms. The van der Waals surface area contributed by atoms with Gasteiger partial charge in [-0.2, -0.15) is 11.3 Å². The van der Waals surface area contributed by atoms with Gasteiger partial charge in [0, 0.05) is 5.38 Å². The Bertz CT molecular complexity index is 443. The molecule has 1 aliphatic rings. The average Bonchev–Trinajstić information content (AvgIpc) is 2.82. The van der Waals surface area contributed by atoms with Crippen LogP contribution >= 0.6 is 11.3 Å². The predicted molar refractivity (Wildman–Crippen MR) is 69.8 cm³/mol. The van der Waals surface area contributed by atoms with Crippen LogP contribution in [0.15, 0.2) is 16.8 Å². The normalized spacial score (nSPS) is 27.7. The van der Waals surface area contributed by atoms with Gasteiger partial charge in [-0.3, -0.25) is 4.79 Å². The molecule has 1 aliphatic carbocycles. The lowest BCUT2D eigenvalue weighted by atomic mass is 9.76. The van der Waals surface area contributed by atoms with Gasteiger partial charge in [0.15, 0.2) is 0 Å². The van der Waals surface area contributed by atoms with E-state index in [1.54, 1.807) is 11.4 Å². The van der Waals surface area contributed by atoms with E-state index in [2.05, 4.69) is 5.32 Å². The van der Waals surface area contributed by atoms with Gasteiger partial charge in [-0.15, -0.1) is 0 Å². The zero-order valence-electron chi connectivity index (χ0n) is 10.3. The minimum absolute atomic E-state index is 0.284. The number of carbonyl (C=O) groups is 2. The first-order chi connectivity index (χ1) is 8.53. The smallest absolute Gasteiger partial charge is 0.329 e. The monoisotopic (exact) mass is 267 g/mol. The Balaban J connectivity index is 2.16. The lowest BCUT2D eigenvalue weighted by Gasteiger charge is -2.37. The molecule has 0 spiro atoms. The highest BCUT2D eigenvalue weighted by molar-refractivity contribution is 7.08. The fourth-order valence-corrected chi connectivity index (χ4v) is 3.23. The summed E-state index contributed by atoms with van der Waals surface area (Å²) in [6, 6.07) is 1.71. The van der Waals surface area contributed by atoms with Crippen LogP contribution in [0.3, 0.4) is 0 Å². The summed E-state index contributed by atoms with van der Waals surface area (Å²) in [5.41, 5.74) is -0.546. The van der Waals surface area contributed by atoms with Crippen molar-refractivity contribution in [2.45, 2.75) is 38.1 Å². The summed E-state index contributed by atoms with van der Waals surface area (Å²) in [4.78, 5) is 23.5. The van der Waals surface area contributed by atoms with Gasteiger partial charge in [0.2, 0.25) is 0 Å². The molecule has 98 valence electrons. The lowest BCUT2D eigenvalue weighted by Crippen LogP contribution is -2.56. The standard InChI is InChI=1S/C13H17NO3S/c1-9-3-2-5-13(7-9,12(16)17)14-11(15)10-4-6-18-8-10/h4,6,8-9H,2-3,5,7H2,1H3,(H,14,15)(H,16,17). The summed E-state index contributed by atoms with van der Waals surface area (Å²) in [6.45, 7) is 2.04. The first-order valence-corrected chi connectivity index (χ1v) is 7.06.